The number of hydrogen-bond donors (Lipinski definition) is 4. The number of nitriles is 1. The maximum absolute atomic E-state index is 12.8. The molecule has 2 aliphatic heterocycles. The van der Waals surface area contributed by atoms with Gasteiger partial charge in [0.2, 0.25) is 0 Å². The minimum Gasteiger partial charge on any atom is -0.388 e. The zero-order valence-electron chi connectivity index (χ0n) is 21.5. The number of anilines is 1. The highest BCUT2D eigenvalue weighted by Gasteiger charge is 2.44. The summed E-state index contributed by atoms with van der Waals surface area (Å²) in [4.78, 5) is 16.8. The highest BCUT2D eigenvalue weighted by Crippen LogP contribution is 2.33. The Hall–Kier alpha value is -3.30. The van der Waals surface area contributed by atoms with Crippen molar-refractivity contribution in [2.24, 2.45) is 0 Å². The molecule has 204 valence electrons. The summed E-state index contributed by atoms with van der Waals surface area (Å²) in [5.74, 6) is -0.775. The van der Waals surface area contributed by atoms with Crippen LogP contribution in [0.2, 0.25) is 0 Å². The van der Waals surface area contributed by atoms with Gasteiger partial charge < -0.3 is 35.0 Å². The van der Waals surface area contributed by atoms with Crippen molar-refractivity contribution in [3.05, 3.63) is 59.0 Å². The topological polar surface area (TPSA) is 135 Å². The van der Waals surface area contributed by atoms with E-state index in [0.717, 1.165) is 47.5 Å². The van der Waals surface area contributed by atoms with Gasteiger partial charge in [-0.05, 0) is 59.2 Å². The van der Waals surface area contributed by atoms with Gasteiger partial charge in [-0.1, -0.05) is 25.1 Å². The van der Waals surface area contributed by atoms with Gasteiger partial charge >= 0.3 is 0 Å². The maximum Gasteiger partial charge on any atom is 0.262 e. The summed E-state index contributed by atoms with van der Waals surface area (Å²) in [5, 5.41) is 45.1. The maximum atomic E-state index is 12.8. The molecule has 2 fully saturated rings. The van der Waals surface area contributed by atoms with Crippen LogP contribution < -0.4 is 10.2 Å². The number of aliphatic hydroxyl groups excluding tert-OH is 3. The van der Waals surface area contributed by atoms with Gasteiger partial charge in [0, 0.05) is 28.5 Å². The van der Waals surface area contributed by atoms with Crippen LogP contribution >= 0.6 is 11.3 Å². The molecule has 2 aromatic carbocycles. The van der Waals surface area contributed by atoms with Crippen molar-refractivity contribution in [3.8, 4) is 16.5 Å². The Balaban J connectivity index is 1.30. The van der Waals surface area contributed by atoms with E-state index >= 15 is 0 Å². The molecule has 4 N–H and O–H groups in total. The van der Waals surface area contributed by atoms with E-state index in [2.05, 4.69) is 46.6 Å². The molecular weight excluding hydrogens is 518 g/mol. The van der Waals surface area contributed by atoms with Crippen molar-refractivity contribution in [2.45, 2.75) is 44.0 Å². The van der Waals surface area contributed by atoms with Crippen LogP contribution in [0.25, 0.3) is 27.3 Å². The third-order valence-corrected chi connectivity index (χ3v) is 8.26. The smallest absolute Gasteiger partial charge is 0.262 e. The molecule has 0 bridgehead atoms. The van der Waals surface area contributed by atoms with Gasteiger partial charge in [0.05, 0.1) is 19.3 Å². The third kappa shape index (κ3) is 5.84. The SMILES string of the molecule is CC[C@H]1OC(O)[C@H](NC(=O)/C(C#N)=C/c2ccc(-c3ccc4cc(N5CCOCC5)ccc4c3)s2)[C@@H](O)[C@@H]1O. The summed E-state index contributed by atoms with van der Waals surface area (Å²) in [6.07, 6.45) is -3.12. The standard InChI is InChI=1S/C29H31N3O6S/c1-2-23-26(33)27(34)25(29(36)38-23)31-28(35)20(16-30)15-22-7-8-24(39-22)19-4-3-18-14-21(6-5-17(18)13-19)32-9-11-37-12-10-32/h3-8,13-15,23,25-27,29,33-34,36H,2,9-12H2,1H3,(H,31,35)/b20-15+/t23-,25-,26-,27-,29?/m1/s1. The largest absolute Gasteiger partial charge is 0.388 e. The first-order valence-corrected chi connectivity index (χ1v) is 13.8. The number of aliphatic hydroxyl groups is 3. The molecule has 5 rings (SSSR count). The molecule has 0 radical (unpaired) electrons. The minimum absolute atomic E-state index is 0.191. The van der Waals surface area contributed by atoms with Crippen LogP contribution in [0.4, 0.5) is 5.69 Å². The van der Waals surface area contributed by atoms with Gasteiger partial charge in [0.25, 0.3) is 5.91 Å². The van der Waals surface area contributed by atoms with Gasteiger partial charge in [0.1, 0.15) is 29.9 Å². The van der Waals surface area contributed by atoms with E-state index in [1.54, 1.807) is 6.92 Å². The predicted octanol–water partition coefficient (Wildman–Crippen LogP) is 2.65. The molecule has 10 heteroatoms. The Morgan fingerprint density at radius 2 is 1.85 bits per heavy atom. The van der Waals surface area contributed by atoms with Gasteiger partial charge in [-0.15, -0.1) is 11.3 Å². The molecule has 0 aliphatic carbocycles. The lowest BCUT2D eigenvalue weighted by Gasteiger charge is -2.40. The van der Waals surface area contributed by atoms with Gasteiger partial charge in [-0.3, -0.25) is 4.79 Å². The lowest BCUT2D eigenvalue weighted by molar-refractivity contribution is -0.247. The summed E-state index contributed by atoms with van der Waals surface area (Å²) < 4.78 is 10.8. The van der Waals surface area contributed by atoms with Crippen LogP contribution in [0.15, 0.2) is 54.1 Å². The van der Waals surface area contributed by atoms with Gasteiger partial charge in [0.15, 0.2) is 6.29 Å². The fraction of sp³-hybridized carbons (Fsp3) is 0.379. The molecular formula is C29H31N3O6S. The number of ether oxygens (including phenoxy) is 2. The number of morpholine rings is 1. The number of carbonyl (C=O) groups is 1. The Labute approximate surface area is 230 Å². The molecule has 9 nitrogen and oxygen atoms in total. The zero-order chi connectivity index (χ0) is 27.5. The van der Waals surface area contributed by atoms with E-state index in [4.69, 9.17) is 9.47 Å². The lowest BCUT2D eigenvalue weighted by atomic mass is 9.95. The summed E-state index contributed by atoms with van der Waals surface area (Å²) in [6, 6.07) is 17.1. The minimum atomic E-state index is -1.51. The number of thiophene rings is 1. The number of nitrogens with one attached hydrogen (secondary N) is 1. The molecule has 3 heterocycles. The van der Waals surface area contributed by atoms with E-state index in [1.165, 1.54) is 23.1 Å². The average Bonchev–Trinajstić information content (AvgIpc) is 3.44. The summed E-state index contributed by atoms with van der Waals surface area (Å²) >= 11 is 1.44. The number of rotatable bonds is 6. The Bertz CT molecular complexity index is 1410. The number of fused-ring (bicyclic) bond motifs is 1. The van der Waals surface area contributed by atoms with Crippen LogP contribution in [-0.4, -0.2) is 78.2 Å². The van der Waals surface area contributed by atoms with E-state index in [0.29, 0.717) is 11.3 Å². The lowest BCUT2D eigenvalue weighted by Crippen LogP contribution is -2.63. The van der Waals surface area contributed by atoms with E-state index in [1.807, 2.05) is 18.2 Å². The van der Waals surface area contributed by atoms with Gasteiger partial charge in [-0.25, -0.2) is 0 Å². The van der Waals surface area contributed by atoms with Crippen LogP contribution in [0.3, 0.4) is 0 Å². The van der Waals surface area contributed by atoms with Gasteiger partial charge in [-0.2, -0.15) is 5.26 Å². The first kappa shape index (κ1) is 27.3. The quantitative estimate of drug-likeness (QED) is 0.272. The Kier molecular flexibility index (Phi) is 8.28. The second-order valence-electron chi connectivity index (χ2n) is 9.67. The highest BCUT2D eigenvalue weighted by atomic mass is 32.1. The number of amides is 1. The van der Waals surface area contributed by atoms with Crippen molar-refractivity contribution in [1.82, 2.24) is 5.32 Å². The normalized spacial score (nSPS) is 25.9. The second-order valence-corrected chi connectivity index (χ2v) is 10.8. The summed E-state index contributed by atoms with van der Waals surface area (Å²) in [6.45, 7) is 4.99. The second kappa shape index (κ2) is 11.8. The molecule has 0 spiro atoms. The van der Waals surface area contributed by atoms with Crippen molar-refractivity contribution in [2.75, 3.05) is 31.2 Å². The third-order valence-electron chi connectivity index (χ3n) is 7.18. The first-order valence-electron chi connectivity index (χ1n) is 13.0. The Morgan fingerprint density at radius 3 is 2.59 bits per heavy atom. The molecule has 0 saturated carbocycles. The predicted molar refractivity (Wildman–Crippen MR) is 149 cm³/mol. The molecule has 1 aromatic heterocycles. The fourth-order valence-electron chi connectivity index (χ4n) is 4.95. The van der Waals surface area contributed by atoms with Crippen molar-refractivity contribution >= 4 is 39.8 Å². The molecule has 2 saturated heterocycles. The molecule has 5 atom stereocenters. The van der Waals surface area contributed by atoms with E-state index in [-0.39, 0.29) is 5.57 Å². The highest BCUT2D eigenvalue weighted by molar-refractivity contribution is 7.16. The fourth-order valence-corrected chi connectivity index (χ4v) is 5.90. The molecule has 1 unspecified atom stereocenters. The van der Waals surface area contributed by atoms with E-state index < -0.39 is 36.6 Å². The molecule has 39 heavy (non-hydrogen) atoms. The zero-order valence-corrected chi connectivity index (χ0v) is 22.3. The number of carbonyl (C=O) groups excluding carboxylic acids is 1. The summed E-state index contributed by atoms with van der Waals surface area (Å²) in [5.41, 5.74) is 2.02. The van der Waals surface area contributed by atoms with Crippen LogP contribution in [-0.2, 0) is 14.3 Å². The number of benzene rings is 2. The van der Waals surface area contributed by atoms with Crippen molar-refractivity contribution in [3.63, 3.8) is 0 Å². The monoisotopic (exact) mass is 549 g/mol. The average molecular weight is 550 g/mol. The molecule has 2 aliphatic rings. The van der Waals surface area contributed by atoms with Crippen LogP contribution in [0.1, 0.15) is 18.2 Å². The summed E-state index contributed by atoms with van der Waals surface area (Å²) in [7, 11) is 0. The van der Waals surface area contributed by atoms with Crippen molar-refractivity contribution < 1.29 is 29.6 Å². The molecule has 1 amide bonds. The first-order chi connectivity index (χ1) is 18.9. The van der Waals surface area contributed by atoms with Crippen LogP contribution in [0, 0.1) is 11.3 Å². The Morgan fingerprint density at radius 1 is 1.10 bits per heavy atom. The number of hydrogen-bond acceptors (Lipinski definition) is 9. The number of nitrogens with zero attached hydrogens (tertiary/aromatic N) is 2. The van der Waals surface area contributed by atoms with E-state index in [9.17, 15) is 25.4 Å². The van der Waals surface area contributed by atoms with Crippen LogP contribution in [0.5, 0.6) is 0 Å². The van der Waals surface area contributed by atoms with Crippen molar-refractivity contribution in [1.29, 1.82) is 5.26 Å². The molecule has 3 aromatic rings.